The molecule has 5 nitrogen and oxygen atoms in total. The minimum absolute atomic E-state index is 0.268. The van der Waals surface area contributed by atoms with Gasteiger partial charge >= 0.3 is 5.97 Å². The summed E-state index contributed by atoms with van der Waals surface area (Å²) >= 11 is 0. The van der Waals surface area contributed by atoms with Gasteiger partial charge in [-0.25, -0.2) is 4.79 Å². The summed E-state index contributed by atoms with van der Waals surface area (Å²) in [5.41, 5.74) is 5.34. The molecule has 2 aromatic rings. The second-order valence-corrected chi connectivity index (χ2v) is 7.24. The number of ether oxygens (including phenoxy) is 1. The monoisotopic (exact) mass is 352 g/mol. The topological polar surface area (TPSA) is 75.8 Å². The molecule has 136 valence electrons. The standard InChI is InChI=1S/C21H24N2O3/c22-18-9-5-4-8-17(18)21(25,16-6-2-1-3-7-16)20(24)26-19-14-15-10-12-23(19)13-11-15/h1-9,15,19,25H,10-14,22H2. The third-order valence-electron chi connectivity index (χ3n) is 5.67. The maximum Gasteiger partial charge on any atom is 0.349 e. The summed E-state index contributed by atoms with van der Waals surface area (Å²) < 4.78 is 5.84. The SMILES string of the molecule is Nc1ccccc1C(O)(C(=O)OC1CC2CCN1CC2)c1ccccc1. The minimum atomic E-state index is -1.93. The van der Waals surface area contributed by atoms with E-state index in [4.69, 9.17) is 10.5 Å². The highest BCUT2D eigenvalue weighted by molar-refractivity contribution is 5.87. The van der Waals surface area contributed by atoms with Crippen LogP contribution in [-0.4, -0.2) is 35.3 Å². The van der Waals surface area contributed by atoms with Gasteiger partial charge in [0.05, 0.1) is 0 Å². The van der Waals surface area contributed by atoms with Crippen LogP contribution in [0.2, 0.25) is 0 Å². The molecule has 2 unspecified atom stereocenters. The number of nitrogen functional groups attached to an aromatic ring is 1. The molecule has 3 N–H and O–H groups in total. The average molecular weight is 352 g/mol. The van der Waals surface area contributed by atoms with Gasteiger partial charge in [0.25, 0.3) is 0 Å². The number of aliphatic hydroxyl groups is 1. The van der Waals surface area contributed by atoms with Gasteiger partial charge in [-0.1, -0.05) is 48.5 Å². The molecule has 3 aliphatic rings. The van der Waals surface area contributed by atoms with E-state index in [2.05, 4.69) is 4.90 Å². The number of nitrogens with two attached hydrogens (primary N) is 1. The molecule has 3 aliphatic heterocycles. The van der Waals surface area contributed by atoms with Gasteiger partial charge < -0.3 is 15.6 Å². The third-order valence-corrected chi connectivity index (χ3v) is 5.67. The second-order valence-electron chi connectivity index (χ2n) is 7.24. The van der Waals surface area contributed by atoms with Crippen molar-refractivity contribution < 1.29 is 14.6 Å². The van der Waals surface area contributed by atoms with Gasteiger partial charge in [-0.3, -0.25) is 4.90 Å². The summed E-state index contributed by atoms with van der Waals surface area (Å²) in [6, 6.07) is 15.8. The van der Waals surface area contributed by atoms with Crippen LogP contribution < -0.4 is 5.73 Å². The molecular weight excluding hydrogens is 328 g/mol. The van der Waals surface area contributed by atoms with E-state index in [0.717, 1.165) is 32.4 Å². The Labute approximate surface area is 153 Å². The van der Waals surface area contributed by atoms with E-state index in [-0.39, 0.29) is 6.23 Å². The Kier molecular flexibility index (Phi) is 4.42. The lowest BCUT2D eigenvalue weighted by Crippen LogP contribution is -2.52. The highest BCUT2D eigenvalue weighted by Gasteiger charge is 2.46. The number of para-hydroxylation sites is 1. The predicted octanol–water partition coefficient (Wildman–Crippen LogP) is 2.49. The van der Waals surface area contributed by atoms with Crippen molar-refractivity contribution in [3.63, 3.8) is 0 Å². The van der Waals surface area contributed by atoms with Gasteiger partial charge in [0.2, 0.25) is 5.60 Å². The molecule has 0 amide bonds. The fourth-order valence-electron chi connectivity index (χ4n) is 4.13. The number of rotatable bonds is 4. The van der Waals surface area contributed by atoms with Gasteiger partial charge in [0.1, 0.15) is 0 Å². The maximum atomic E-state index is 13.2. The molecule has 3 heterocycles. The molecule has 0 aromatic heterocycles. The summed E-state index contributed by atoms with van der Waals surface area (Å²) in [4.78, 5) is 15.4. The van der Waals surface area contributed by atoms with Crippen LogP contribution in [0.25, 0.3) is 0 Å². The van der Waals surface area contributed by atoms with Crippen LogP contribution in [0.1, 0.15) is 30.4 Å². The zero-order chi connectivity index (χ0) is 18.1. The normalized spacial score (nSPS) is 26.9. The van der Waals surface area contributed by atoms with Crippen molar-refractivity contribution >= 4 is 11.7 Å². The third kappa shape index (κ3) is 2.87. The number of carbonyl (C=O) groups is 1. The molecule has 0 radical (unpaired) electrons. The second kappa shape index (κ2) is 6.74. The molecule has 3 fully saturated rings. The zero-order valence-corrected chi connectivity index (χ0v) is 14.7. The Balaban J connectivity index is 1.69. The summed E-state index contributed by atoms with van der Waals surface area (Å²) in [5.74, 6) is -0.0661. The van der Waals surface area contributed by atoms with Crippen LogP contribution in [-0.2, 0) is 15.1 Å². The first-order valence-electron chi connectivity index (χ1n) is 9.17. The Morgan fingerprint density at radius 3 is 2.35 bits per heavy atom. The van der Waals surface area contributed by atoms with E-state index in [1.165, 1.54) is 0 Å². The van der Waals surface area contributed by atoms with Gasteiger partial charge in [-0.2, -0.15) is 0 Å². The van der Waals surface area contributed by atoms with Crippen LogP contribution in [0.5, 0.6) is 0 Å². The van der Waals surface area contributed by atoms with Crippen molar-refractivity contribution in [1.82, 2.24) is 4.90 Å². The fraction of sp³-hybridized carbons (Fsp3) is 0.381. The van der Waals surface area contributed by atoms with Gasteiger partial charge in [-0.05, 0) is 30.4 Å². The number of hydrogen-bond donors (Lipinski definition) is 2. The van der Waals surface area contributed by atoms with E-state index in [0.29, 0.717) is 22.7 Å². The first kappa shape index (κ1) is 17.1. The maximum absolute atomic E-state index is 13.2. The molecule has 5 rings (SSSR count). The van der Waals surface area contributed by atoms with Gasteiger partial charge in [-0.15, -0.1) is 0 Å². The van der Waals surface area contributed by atoms with Crippen molar-refractivity contribution in [1.29, 1.82) is 0 Å². The summed E-state index contributed by atoms with van der Waals surface area (Å²) in [7, 11) is 0. The summed E-state index contributed by atoms with van der Waals surface area (Å²) in [5, 5.41) is 11.5. The number of nitrogens with zero attached hydrogens (tertiary/aromatic N) is 1. The van der Waals surface area contributed by atoms with Crippen LogP contribution in [0.3, 0.4) is 0 Å². The lowest BCUT2D eigenvalue weighted by Gasteiger charge is -2.45. The van der Waals surface area contributed by atoms with Crippen LogP contribution in [0.15, 0.2) is 54.6 Å². The Morgan fingerprint density at radius 2 is 1.73 bits per heavy atom. The number of fused-ring (bicyclic) bond motifs is 3. The lowest BCUT2D eigenvalue weighted by atomic mass is 9.84. The molecule has 0 saturated carbocycles. The fourth-order valence-corrected chi connectivity index (χ4v) is 4.13. The highest BCUT2D eigenvalue weighted by Crippen LogP contribution is 2.37. The average Bonchev–Trinajstić information content (AvgIpc) is 2.69. The van der Waals surface area contributed by atoms with Gasteiger partial charge in [0.15, 0.2) is 6.23 Å². The molecule has 2 atom stereocenters. The smallest absolute Gasteiger partial charge is 0.349 e. The molecule has 0 aliphatic carbocycles. The first-order chi connectivity index (χ1) is 12.6. The number of piperidine rings is 3. The van der Waals surface area contributed by atoms with Crippen LogP contribution >= 0.6 is 0 Å². The van der Waals surface area contributed by atoms with Crippen molar-refractivity contribution in [2.24, 2.45) is 5.92 Å². The van der Waals surface area contributed by atoms with E-state index >= 15 is 0 Å². The molecule has 2 aromatic carbocycles. The lowest BCUT2D eigenvalue weighted by molar-refractivity contribution is -0.187. The molecule has 5 heteroatoms. The number of benzene rings is 2. The predicted molar refractivity (Wildman–Crippen MR) is 99.1 cm³/mol. The molecule has 26 heavy (non-hydrogen) atoms. The van der Waals surface area contributed by atoms with Crippen LogP contribution in [0.4, 0.5) is 5.69 Å². The molecule has 2 bridgehead atoms. The molecule has 3 saturated heterocycles. The largest absolute Gasteiger partial charge is 0.444 e. The number of hydrogen-bond acceptors (Lipinski definition) is 5. The Bertz CT molecular complexity index is 787. The van der Waals surface area contributed by atoms with Crippen molar-refractivity contribution in [2.75, 3.05) is 18.8 Å². The minimum Gasteiger partial charge on any atom is -0.444 e. The highest BCUT2D eigenvalue weighted by atomic mass is 16.6. The quantitative estimate of drug-likeness (QED) is 0.653. The number of carbonyl (C=O) groups excluding carboxylic acids is 1. The van der Waals surface area contributed by atoms with Crippen molar-refractivity contribution in [3.05, 3.63) is 65.7 Å². The molecule has 0 spiro atoms. The van der Waals surface area contributed by atoms with E-state index in [1.807, 2.05) is 6.07 Å². The first-order valence-corrected chi connectivity index (χ1v) is 9.17. The van der Waals surface area contributed by atoms with E-state index in [9.17, 15) is 9.90 Å². The summed E-state index contributed by atoms with van der Waals surface area (Å²) in [6.07, 6.45) is 2.88. The van der Waals surface area contributed by atoms with Crippen molar-refractivity contribution in [2.45, 2.75) is 31.1 Å². The zero-order valence-electron chi connectivity index (χ0n) is 14.7. The Hall–Kier alpha value is -2.37. The number of esters is 1. The van der Waals surface area contributed by atoms with Crippen molar-refractivity contribution in [3.8, 4) is 0 Å². The van der Waals surface area contributed by atoms with E-state index < -0.39 is 11.6 Å². The summed E-state index contributed by atoms with van der Waals surface area (Å²) in [6.45, 7) is 1.89. The Morgan fingerprint density at radius 1 is 1.08 bits per heavy atom. The van der Waals surface area contributed by atoms with E-state index in [1.54, 1.807) is 48.5 Å². The van der Waals surface area contributed by atoms with Crippen LogP contribution in [0, 0.1) is 5.92 Å². The number of anilines is 1. The van der Waals surface area contributed by atoms with Gasteiger partial charge in [0, 0.05) is 30.8 Å². The molecular formula is C21H24N2O3.